The quantitative estimate of drug-likeness (QED) is 0.291. The van der Waals surface area contributed by atoms with Crippen LogP contribution in [0.4, 0.5) is 0 Å². The Hall–Kier alpha value is -1.60. The molecule has 1 aromatic rings. The minimum Gasteiger partial charge on any atom is -0.495 e. The van der Waals surface area contributed by atoms with Crippen molar-refractivity contribution in [3.63, 3.8) is 0 Å². The molecule has 26 heavy (non-hydrogen) atoms. The highest BCUT2D eigenvalue weighted by atomic mass is 16.7. The van der Waals surface area contributed by atoms with Gasteiger partial charge in [-0.1, -0.05) is 5.21 Å². The zero-order valence-electron chi connectivity index (χ0n) is 14.5. The first kappa shape index (κ1) is 20.7. The summed E-state index contributed by atoms with van der Waals surface area (Å²) in [7, 11) is 0. The number of aliphatic hydroxyl groups is 4. The second-order valence-corrected chi connectivity index (χ2v) is 6.12. The van der Waals surface area contributed by atoms with Crippen molar-refractivity contribution in [2.24, 2.45) is 5.73 Å². The van der Waals surface area contributed by atoms with Gasteiger partial charge in [0, 0.05) is 6.04 Å². The van der Waals surface area contributed by atoms with Crippen molar-refractivity contribution >= 4 is 0 Å². The van der Waals surface area contributed by atoms with Crippen LogP contribution in [-0.4, -0.2) is 85.4 Å². The molecule has 1 fully saturated rings. The molecule has 0 radical (unpaired) electrons. The number of ether oxygens (including phenoxy) is 3. The van der Waals surface area contributed by atoms with Crippen LogP contribution >= 0.6 is 0 Å². The number of nitrogens with zero attached hydrogens (tertiary/aromatic N) is 3. The minimum absolute atomic E-state index is 0.0232. The van der Waals surface area contributed by atoms with Crippen LogP contribution in [0, 0.1) is 0 Å². The van der Waals surface area contributed by atoms with Crippen molar-refractivity contribution < 1.29 is 34.6 Å². The van der Waals surface area contributed by atoms with Crippen LogP contribution in [0.15, 0.2) is 18.5 Å². The molecule has 1 aliphatic heterocycles. The summed E-state index contributed by atoms with van der Waals surface area (Å²) in [4.78, 5) is 0. The molecule has 6 unspecified atom stereocenters. The molecular formula is C15H26N4O7. The summed E-state index contributed by atoms with van der Waals surface area (Å²) in [6.45, 7) is 2.18. The van der Waals surface area contributed by atoms with Crippen LogP contribution in [-0.2, 0) is 27.4 Å². The fraction of sp³-hybridized carbons (Fsp3) is 0.733. The fourth-order valence-electron chi connectivity index (χ4n) is 2.39. The molecule has 0 bridgehead atoms. The Morgan fingerprint density at radius 3 is 2.81 bits per heavy atom. The maximum atomic E-state index is 9.81. The average Bonchev–Trinajstić information content (AvgIpc) is 3.04. The van der Waals surface area contributed by atoms with Gasteiger partial charge >= 0.3 is 0 Å². The summed E-state index contributed by atoms with van der Waals surface area (Å²) in [5.74, 6) is 0. The molecule has 0 amide bonds. The molecule has 1 aromatic heterocycles. The normalized spacial score (nSPS) is 30.6. The molecule has 148 valence electrons. The predicted molar refractivity (Wildman–Crippen MR) is 87.3 cm³/mol. The van der Waals surface area contributed by atoms with Crippen molar-refractivity contribution in [3.8, 4) is 0 Å². The molecule has 6 atom stereocenters. The first-order chi connectivity index (χ1) is 12.4. The van der Waals surface area contributed by atoms with E-state index in [1.54, 1.807) is 10.9 Å². The molecule has 2 heterocycles. The first-order valence-electron chi connectivity index (χ1n) is 8.25. The summed E-state index contributed by atoms with van der Waals surface area (Å²) in [5.41, 5.74) is 6.32. The van der Waals surface area contributed by atoms with E-state index in [0.717, 1.165) is 0 Å². The Balaban J connectivity index is 1.69. The van der Waals surface area contributed by atoms with Gasteiger partial charge in [-0.05, 0) is 13.0 Å². The number of aliphatic hydroxyl groups excluding tert-OH is 4. The molecule has 11 nitrogen and oxygen atoms in total. The molecule has 0 aliphatic carbocycles. The monoisotopic (exact) mass is 374 g/mol. The molecule has 6 N–H and O–H groups in total. The number of nitrogens with two attached hydrogens (primary N) is 1. The third-order valence-corrected chi connectivity index (χ3v) is 3.69. The molecule has 0 saturated carbocycles. The van der Waals surface area contributed by atoms with Crippen molar-refractivity contribution in [3.05, 3.63) is 24.2 Å². The topological polar surface area (TPSA) is 165 Å². The molecular weight excluding hydrogens is 348 g/mol. The molecule has 0 spiro atoms. The van der Waals surface area contributed by atoms with Gasteiger partial charge < -0.3 is 40.4 Å². The number of rotatable bonds is 9. The summed E-state index contributed by atoms with van der Waals surface area (Å²) < 4.78 is 17.4. The van der Waals surface area contributed by atoms with Crippen LogP contribution in [0.2, 0.25) is 0 Å². The van der Waals surface area contributed by atoms with E-state index in [4.69, 9.17) is 25.1 Å². The summed E-state index contributed by atoms with van der Waals surface area (Å²) in [5, 5.41) is 46.1. The second-order valence-electron chi connectivity index (χ2n) is 6.12. The molecule has 1 saturated heterocycles. The van der Waals surface area contributed by atoms with Crippen molar-refractivity contribution in [2.75, 3.05) is 13.2 Å². The third kappa shape index (κ3) is 5.71. The Morgan fingerprint density at radius 2 is 2.12 bits per heavy atom. The van der Waals surface area contributed by atoms with E-state index in [1.165, 1.54) is 12.3 Å². The predicted octanol–water partition coefficient (Wildman–Crippen LogP) is -2.53. The SMILES string of the molecule is CC(N)Cn1cc(CO/C=C/COC2OC(CO)C(O)C(O)C2O)nn1. The van der Waals surface area contributed by atoms with Gasteiger partial charge in [0.1, 0.15) is 36.7 Å². The second kappa shape index (κ2) is 9.92. The van der Waals surface area contributed by atoms with E-state index in [0.29, 0.717) is 12.2 Å². The van der Waals surface area contributed by atoms with Crippen molar-refractivity contribution in [1.29, 1.82) is 0 Å². The zero-order chi connectivity index (χ0) is 19.1. The Kier molecular flexibility index (Phi) is 7.90. The van der Waals surface area contributed by atoms with E-state index in [9.17, 15) is 15.3 Å². The average molecular weight is 374 g/mol. The number of aromatic nitrogens is 3. The van der Waals surface area contributed by atoms with Gasteiger partial charge in [0.2, 0.25) is 0 Å². The lowest BCUT2D eigenvalue weighted by Gasteiger charge is -2.39. The molecule has 2 rings (SSSR count). The highest BCUT2D eigenvalue weighted by Gasteiger charge is 2.43. The van der Waals surface area contributed by atoms with Crippen molar-refractivity contribution in [2.45, 2.75) is 56.8 Å². The summed E-state index contributed by atoms with van der Waals surface area (Å²) in [6.07, 6.45) is -1.81. The third-order valence-electron chi connectivity index (χ3n) is 3.69. The Bertz CT molecular complexity index is 566. The lowest BCUT2D eigenvalue weighted by atomic mass is 9.99. The van der Waals surface area contributed by atoms with E-state index >= 15 is 0 Å². The highest BCUT2D eigenvalue weighted by molar-refractivity contribution is 4.91. The maximum absolute atomic E-state index is 9.81. The van der Waals surface area contributed by atoms with Gasteiger partial charge in [-0.25, -0.2) is 0 Å². The van der Waals surface area contributed by atoms with Gasteiger partial charge in [-0.15, -0.1) is 5.10 Å². The van der Waals surface area contributed by atoms with Gasteiger partial charge in [0.05, 0.1) is 32.2 Å². The van der Waals surface area contributed by atoms with Gasteiger partial charge in [-0.2, -0.15) is 0 Å². The summed E-state index contributed by atoms with van der Waals surface area (Å²) >= 11 is 0. The summed E-state index contributed by atoms with van der Waals surface area (Å²) in [6, 6.07) is -0.0232. The minimum atomic E-state index is -1.47. The zero-order valence-corrected chi connectivity index (χ0v) is 14.5. The smallest absolute Gasteiger partial charge is 0.187 e. The van der Waals surface area contributed by atoms with E-state index in [2.05, 4.69) is 10.3 Å². The Labute approximate surface area is 150 Å². The highest BCUT2D eigenvalue weighted by Crippen LogP contribution is 2.21. The van der Waals surface area contributed by atoms with E-state index in [1.807, 2.05) is 6.92 Å². The van der Waals surface area contributed by atoms with Gasteiger partial charge in [0.15, 0.2) is 6.29 Å². The van der Waals surface area contributed by atoms with Crippen LogP contribution < -0.4 is 5.73 Å². The van der Waals surface area contributed by atoms with Crippen molar-refractivity contribution in [1.82, 2.24) is 15.0 Å². The van der Waals surface area contributed by atoms with Gasteiger partial charge in [-0.3, -0.25) is 4.68 Å². The largest absolute Gasteiger partial charge is 0.495 e. The molecule has 0 aromatic carbocycles. The van der Waals surface area contributed by atoms with E-state index < -0.39 is 37.3 Å². The van der Waals surface area contributed by atoms with Gasteiger partial charge in [0.25, 0.3) is 0 Å². The van der Waals surface area contributed by atoms with Crippen LogP contribution in [0.25, 0.3) is 0 Å². The Morgan fingerprint density at radius 1 is 1.35 bits per heavy atom. The van der Waals surface area contributed by atoms with Crippen LogP contribution in [0.5, 0.6) is 0 Å². The standard InChI is InChI=1S/C15H26N4O7/c1-9(16)5-19-6-10(17-18-19)8-24-3-2-4-25-15-14(23)13(22)12(21)11(7-20)26-15/h2-3,6,9,11-15,20-23H,4-5,7-8,16H2,1H3/b3-2+. The fourth-order valence-corrected chi connectivity index (χ4v) is 2.39. The number of hydrogen-bond donors (Lipinski definition) is 5. The number of hydrogen-bond acceptors (Lipinski definition) is 10. The maximum Gasteiger partial charge on any atom is 0.187 e. The first-order valence-corrected chi connectivity index (χ1v) is 8.25. The van der Waals surface area contributed by atoms with E-state index in [-0.39, 0.29) is 19.3 Å². The lowest BCUT2D eigenvalue weighted by Crippen LogP contribution is -2.59. The van der Waals surface area contributed by atoms with Crippen LogP contribution in [0.1, 0.15) is 12.6 Å². The molecule has 11 heteroatoms. The molecule has 1 aliphatic rings. The lowest BCUT2D eigenvalue weighted by molar-refractivity contribution is -0.298. The van der Waals surface area contributed by atoms with Crippen LogP contribution in [0.3, 0.4) is 0 Å².